The summed E-state index contributed by atoms with van der Waals surface area (Å²) in [4.78, 5) is 23.9. The number of carboxylic acids is 1. The molecule has 8 aliphatic rings. The fraction of sp³-hybridized carbons (Fsp3) is 0.741. The number of ether oxygens (including phenoxy) is 2. The second-order valence-corrected chi connectivity index (χ2v) is 22.4. The molecule has 1 aromatic carbocycles. The van der Waals surface area contributed by atoms with Crippen LogP contribution in [0, 0.1) is 82.4 Å². The number of allylic oxidation sites excluding steroid dienone is 4. The molecule has 0 saturated heterocycles. The highest BCUT2D eigenvalue weighted by Crippen LogP contribution is 2.69. The minimum absolute atomic E-state index is 0.0473. The van der Waals surface area contributed by atoms with Crippen molar-refractivity contribution in [1.82, 2.24) is 0 Å². The molecule has 3 unspecified atom stereocenters. The van der Waals surface area contributed by atoms with Crippen LogP contribution in [0.15, 0.2) is 41.0 Å². The molecule has 0 radical (unpaired) electrons. The number of benzene rings is 1. The van der Waals surface area contributed by atoms with Gasteiger partial charge in [0, 0.05) is 24.2 Å². The van der Waals surface area contributed by atoms with E-state index in [0.29, 0.717) is 50.2 Å². The number of carbonyl (C=O) groups is 2. The topological polar surface area (TPSA) is 134 Å². The number of aryl methyl sites for hydroxylation is 1. The van der Waals surface area contributed by atoms with Gasteiger partial charge in [0.15, 0.2) is 5.78 Å². The van der Waals surface area contributed by atoms with Crippen LogP contribution in [-0.2, 0) is 14.3 Å². The van der Waals surface area contributed by atoms with Crippen LogP contribution in [-0.4, -0.2) is 69.3 Å². The van der Waals surface area contributed by atoms with Gasteiger partial charge in [-0.1, -0.05) is 51.3 Å². The summed E-state index contributed by atoms with van der Waals surface area (Å²) in [5.74, 6) is 9.15. The van der Waals surface area contributed by atoms with Gasteiger partial charge in [0.1, 0.15) is 18.0 Å². The number of aliphatic hydroxyl groups excluding tert-OH is 2. The summed E-state index contributed by atoms with van der Waals surface area (Å²) < 4.78 is 13.0. The van der Waals surface area contributed by atoms with E-state index in [9.17, 15) is 30.0 Å². The molecule has 6 fully saturated rings. The number of aliphatic hydroxyl groups is 3. The maximum absolute atomic E-state index is 12.5. The SMILES string of the molecule is CC#C[C@@]1(O)CCC2C3CCC4=CC(=O)CCC4=C3[C@H](c3ccc(OCCO[C@H]4CC[C@@]5(C)C(C4)C[C@@H](O)[C@H]4[C@@H]6CC[C@H]([C@H](C)CCC(=O)O)[C@@]6(C)[C@@H](O)C[C@@H]45)c(C)c3)C[C@@]21C. The zero-order valence-corrected chi connectivity index (χ0v) is 38.4. The largest absolute Gasteiger partial charge is 0.491 e. The van der Waals surface area contributed by atoms with Crippen LogP contribution in [0.25, 0.3) is 0 Å². The van der Waals surface area contributed by atoms with Crippen molar-refractivity contribution in [2.75, 3.05) is 13.2 Å². The lowest BCUT2D eigenvalue weighted by Crippen LogP contribution is -2.62. The zero-order chi connectivity index (χ0) is 43.9. The molecule has 0 aliphatic heterocycles. The van der Waals surface area contributed by atoms with Gasteiger partial charge in [-0.15, -0.1) is 5.92 Å². The number of hydrogen-bond acceptors (Lipinski definition) is 7. The molecule has 0 heterocycles. The predicted molar refractivity (Wildman–Crippen MR) is 239 cm³/mol. The fourth-order valence-electron chi connectivity index (χ4n) is 16.6. The summed E-state index contributed by atoms with van der Waals surface area (Å²) >= 11 is 0. The number of aliphatic carboxylic acids is 1. The van der Waals surface area contributed by atoms with Gasteiger partial charge in [0.25, 0.3) is 0 Å². The molecule has 62 heavy (non-hydrogen) atoms. The summed E-state index contributed by atoms with van der Waals surface area (Å²) in [6, 6.07) is 6.64. The maximum Gasteiger partial charge on any atom is 0.303 e. The Morgan fingerprint density at radius 1 is 0.952 bits per heavy atom. The first-order valence-corrected chi connectivity index (χ1v) is 24.6. The average Bonchev–Trinajstić information content (AvgIpc) is 3.72. The van der Waals surface area contributed by atoms with Crippen molar-refractivity contribution >= 4 is 11.8 Å². The molecule has 8 heteroatoms. The Labute approximate surface area is 370 Å². The molecule has 1 aromatic rings. The Kier molecular flexibility index (Phi) is 11.8. The molecular weight excluding hydrogens is 777 g/mol. The Balaban J connectivity index is 0.842. The van der Waals surface area contributed by atoms with E-state index >= 15 is 0 Å². The summed E-state index contributed by atoms with van der Waals surface area (Å²) in [6.45, 7) is 14.1. The molecule has 9 rings (SSSR count). The molecule has 0 bridgehead atoms. The van der Waals surface area contributed by atoms with Gasteiger partial charge in [-0.3, -0.25) is 9.59 Å². The van der Waals surface area contributed by atoms with Gasteiger partial charge in [-0.2, -0.15) is 0 Å². The van der Waals surface area contributed by atoms with Crippen LogP contribution in [0.5, 0.6) is 5.75 Å². The van der Waals surface area contributed by atoms with Gasteiger partial charge >= 0.3 is 5.97 Å². The van der Waals surface area contributed by atoms with Crippen molar-refractivity contribution in [2.24, 2.45) is 63.6 Å². The van der Waals surface area contributed by atoms with Crippen LogP contribution in [0.1, 0.15) is 154 Å². The molecular formula is C54H74O8. The van der Waals surface area contributed by atoms with Gasteiger partial charge in [-0.25, -0.2) is 0 Å². The van der Waals surface area contributed by atoms with Crippen LogP contribution >= 0.6 is 0 Å². The standard InChI is InChI=1S/C54H74O8/c1-7-20-54(60)22-19-42-39-12-9-34-26-36(55)11-13-38(34)49(39)40(30-52(42,54)5)33-10-16-46(32(3)25-33)62-24-23-61-37-18-21-51(4)35(27-37)28-45(56)50-43-15-14-41(31(2)8-17-48(58)59)53(43,6)47(57)29-44(50)51/h10,16,25-26,31,35,37,39-45,47,50,56-57,60H,8-9,11-15,17-19,21-24,27-30H2,1-6H3,(H,58,59)/t31-,35?,37+,39?,40+,41-,42?,43+,44+,45-,47+,50+,51+,52+,53-,54-/m1/s1. The first kappa shape index (κ1) is 44.3. The minimum atomic E-state index is -1.00. The quantitative estimate of drug-likeness (QED) is 0.135. The molecule has 0 amide bonds. The van der Waals surface area contributed by atoms with E-state index in [2.05, 4.69) is 64.7 Å². The van der Waals surface area contributed by atoms with Crippen molar-refractivity contribution in [3.05, 3.63) is 52.1 Å². The highest BCUT2D eigenvalue weighted by atomic mass is 16.5. The molecule has 6 saturated carbocycles. The lowest BCUT2D eigenvalue weighted by Gasteiger charge is -2.63. The van der Waals surface area contributed by atoms with Gasteiger partial charge < -0.3 is 29.9 Å². The van der Waals surface area contributed by atoms with Crippen LogP contribution in [0.2, 0.25) is 0 Å². The lowest BCUT2D eigenvalue weighted by atomic mass is 9.43. The van der Waals surface area contributed by atoms with Crippen LogP contribution in [0.4, 0.5) is 0 Å². The highest BCUT2D eigenvalue weighted by Gasteiger charge is 2.66. The Hall–Kier alpha value is -2.96. The number of carboxylic acid groups (broad SMARTS) is 1. The summed E-state index contributed by atoms with van der Waals surface area (Å²) in [5.41, 5.74) is 4.95. The minimum Gasteiger partial charge on any atom is -0.491 e. The molecule has 0 aromatic heterocycles. The lowest BCUT2D eigenvalue weighted by molar-refractivity contribution is -0.209. The smallest absolute Gasteiger partial charge is 0.303 e. The third-order valence-electron chi connectivity index (χ3n) is 19.8. The highest BCUT2D eigenvalue weighted by molar-refractivity contribution is 5.93. The van der Waals surface area contributed by atoms with Crippen LogP contribution < -0.4 is 4.74 Å². The van der Waals surface area contributed by atoms with E-state index in [4.69, 9.17) is 9.47 Å². The number of carbonyl (C=O) groups excluding carboxylic acids is 1. The van der Waals surface area contributed by atoms with Gasteiger partial charge in [-0.05, 0) is 196 Å². The Morgan fingerprint density at radius 3 is 2.52 bits per heavy atom. The Bertz CT molecular complexity index is 2060. The number of fused-ring (bicyclic) bond motifs is 9. The van der Waals surface area contributed by atoms with E-state index in [1.807, 2.05) is 13.0 Å². The maximum atomic E-state index is 12.5. The third kappa shape index (κ3) is 7.08. The molecule has 338 valence electrons. The van der Waals surface area contributed by atoms with Crippen molar-refractivity contribution < 1.29 is 39.5 Å². The average molecular weight is 851 g/mol. The summed E-state index contributed by atoms with van der Waals surface area (Å²) in [6.07, 6.45) is 14.3. The van der Waals surface area contributed by atoms with Gasteiger partial charge in [0.2, 0.25) is 0 Å². The number of hydrogen-bond donors (Lipinski definition) is 4. The summed E-state index contributed by atoms with van der Waals surface area (Å²) in [5, 5.41) is 45.3. The molecule has 8 nitrogen and oxygen atoms in total. The monoisotopic (exact) mass is 851 g/mol. The van der Waals surface area contributed by atoms with E-state index in [0.717, 1.165) is 88.4 Å². The third-order valence-corrected chi connectivity index (χ3v) is 19.8. The van der Waals surface area contributed by atoms with Crippen molar-refractivity contribution in [3.63, 3.8) is 0 Å². The normalized spacial score (nSPS) is 43.7. The molecule has 8 aliphatic carbocycles. The predicted octanol–water partition coefficient (Wildman–Crippen LogP) is 9.51. The first-order valence-electron chi connectivity index (χ1n) is 24.6. The van der Waals surface area contributed by atoms with Crippen molar-refractivity contribution in [2.45, 2.75) is 174 Å². The first-order chi connectivity index (χ1) is 29.5. The molecule has 4 N–H and O–H groups in total. The second kappa shape index (κ2) is 16.5. The van der Waals surface area contributed by atoms with Crippen molar-refractivity contribution in [1.29, 1.82) is 0 Å². The van der Waals surface area contributed by atoms with E-state index in [1.165, 1.54) is 22.3 Å². The van der Waals surface area contributed by atoms with Crippen molar-refractivity contribution in [3.8, 4) is 17.6 Å². The molecule has 16 atom stereocenters. The number of rotatable bonds is 10. The summed E-state index contributed by atoms with van der Waals surface area (Å²) in [7, 11) is 0. The zero-order valence-electron chi connectivity index (χ0n) is 38.4. The van der Waals surface area contributed by atoms with E-state index < -0.39 is 23.8 Å². The van der Waals surface area contributed by atoms with E-state index in [-0.39, 0.29) is 70.1 Å². The second-order valence-electron chi connectivity index (χ2n) is 22.4. The van der Waals surface area contributed by atoms with E-state index in [1.54, 1.807) is 0 Å². The Morgan fingerprint density at radius 2 is 1.76 bits per heavy atom. The van der Waals surface area contributed by atoms with Crippen LogP contribution in [0.3, 0.4) is 0 Å². The fourth-order valence-corrected chi connectivity index (χ4v) is 16.6. The van der Waals surface area contributed by atoms with Gasteiger partial charge in [0.05, 0.1) is 24.9 Å². The number of ketones is 1. The molecule has 0 spiro atoms.